The van der Waals surface area contributed by atoms with Crippen LogP contribution in [0.1, 0.15) is 18.1 Å². The van der Waals surface area contributed by atoms with E-state index in [0.717, 1.165) is 12.1 Å². The average molecular weight is 215 g/mol. The van der Waals surface area contributed by atoms with Gasteiger partial charge in [0.25, 0.3) is 0 Å². The van der Waals surface area contributed by atoms with Gasteiger partial charge in [-0.2, -0.15) is 0 Å². The Bertz CT molecular complexity index is 328. The van der Waals surface area contributed by atoms with Gasteiger partial charge in [0.15, 0.2) is 0 Å². The van der Waals surface area contributed by atoms with Gasteiger partial charge in [-0.25, -0.2) is 8.78 Å². The Labute approximate surface area is 88.1 Å². The van der Waals surface area contributed by atoms with Gasteiger partial charge >= 0.3 is 0 Å². The molecule has 1 atom stereocenters. The van der Waals surface area contributed by atoms with Crippen molar-refractivity contribution in [2.75, 3.05) is 20.6 Å². The highest BCUT2D eigenvalue weighted by Crippen LogP contribution is 2.20. The number of benzene rings is 1. The molecule has 1 aromatic rings. The van der Waals surface area contributed by atoms with E-state index in [1.54, 1.807) is 0 Å². The molecule has 0 spiro atoms. The second-order valence-electron chi connectivity index (χ2n) is 3.77. The summed E-state index contributed by atoms with van der Waals surface area (Å²) in [6.07, 6.45) is -0.455. The van der Waals surface area contributed by atoms with Crippen LogP contribution in [0.25, 0.3) is 0 Å². The second kappa shape index (κ2) is 5.19. The highest BCUT2D eigenvalue weighted by atomic mass is 19.1. The fourth-order valence-corrected chi connectivity index (χ4v) is 1.31. The molecule has 84 valence electrons. The molecule has 0 radical (unpaired) electrons. The van der Waals surface area contributed by atoms with Crippen LogP contribution in [0.15, 0.2) is 18.2 Å². The number of hydrogen-bond acceptors (Lipinski definition) is 2. The third kappa shape index (κ3) is 3.57. The molecule has 1 rings (SSSR count). The van der Waals surface area contributed by atoms with E-state index in [9.17, 15) is 13.9 Å². The first kappa shape index (κ1) is 12.1. The smallest absolute Gasteiger partial charge is 0.131 e. The Kier molecular flexibility index (Phi) is 4.17. The molecular formula is C11H15F2NO. The number of hydrogen-bond donors (Lipinski definition) is 1. The highest BCUT2D eigenvalue weighted by Gasteiger charge is 2.13. The van der Waals surface area contributed by atoms with Gasteiger partial charge in [-0.3, -0.25) is 0 Å². The predicted molar refractivity (Wildman–Crippen MR) is 54.5 cm³/mol. The number of aliphatic hydroxyl groups excluding tert-OH is 1. The molecule has 0 fully saturated rings. The van der Waals surface area contributed by atoms with Crippen LogP contribution in [-0.2, 0) is 0 Å². The molecule has 0 saturated carbocycles. The quantitative estimate of drug-likeness (QED) is 0.829. The predicted octanol–water partition coefficient (Wildman–Crippen LogP) is 1.95. The second-order valence-corrected chi connectivity index (χ2v) is 3.77. The standard InChI is InChI=1S/C11H15F2NO/c1-14(2)6-5-11(15)9-4-3-8(12)7-10(9)13/h3-4,7,11,15H,5-6H2,1-2H3. The summed E-state index contributed by atoms with van der Waals surface area (Å²) in [6.45, 7) is 0.651. The van der Waals surface area contributed by atoms with E-state index in [4.69, 9.17) is 0 Å². The fourth-order valence-electron chi connectivity index (χ4n) is 1.31. The van der Waals surface area contributed by atoms with Crippen molar-refractivity contribution in [3.63, 3.8) is 0 Å². The fraction of sp³-hybridized carbons (Fsp3) is 0.455. The Morgan fingerprint density at radius 2 is 2.00 bits per heavy atom. The van der Waals surface area contributed by atoms with Crippen LogP contribution in [0.4, 0.5) is 8.78 Å². The zero-order valence-corrected chi connectivity index (χ0v) is 8.87. The Balaban J connectivity index is 2.69. The Morgan fingerprint density at radius 1 is 1.33 bits per heavy atom. The van der Waals surface area contributed by atoms with E-state index in [0.29, 0.717) is 13.0 Å². The van der Waals surface area contributed by atoms with Crippen molar-refractivity contribution in [3.05, 3.63) is 35.4 Å². The van der Waals surface area contributed by atoms with Crippen LogP contribution in [-0.4, -0.2) is 30.6 Å². The minimum absolute atomic E-state index is 0.151. The number of nitrogens with zero attached hydrogens (tertiary/aromatic N) is 1. The zero-order chi connectivity index (χ0) is 11.4. The molecule has 2 nitrogen and oxygen atoms in total. The number of aliphatic hydroxyl groups is 1. The summed E-state index contributed by atoms with van der Waals surface area (Å²) < 4.78 is 25.8. The normalized spacial score (nSPS) is 13.2. The van der Waals surface area contributed by atoms with Gasteiger partial charge in [-0.05, 0) is 26.6 Å². The van der Waals surface area contributed by atoms with E-state index < -0.39 is 17.7 Å². The summed E-state index contributed by atoms with van der Waals surface area (Å²) in [6, 6.07) is 3.22. The van der Waals surface area contributed by atoms with Gasteiger partial charge in [0, 0.05) is 18.2 Å². The summed E-state index contributed by atoms with van der Waals surface area (Å²) >= 11 is 0. The summed E-state index contributed by atoms with van der Waals surface area (Å²) in [7, 11) is 3.74. The minimum atomic E-state index is -0.881. The van der Waals surface area contributed by atoms with Gasteiger partial charge in [0.2, 0.25) is 0 Å². The van der Waals surface area contributed by atoms with Crippen molar-refractivity contribution >= 4 is 0 Å². The maximum absolute atomic E-state index is 13.2. The molecule has 0 aromatic heterocycles. The first-order valence-corrected chi connectivity index (χ1v) is 4.78. The molecule has 0 heterocycles. The molecule has 1 N–H and O–H groups in total. The summed E-state index contributed by atoms with van der Waals surface area (Å²) in [5.74, 6) is -1.32. The lowest BCUT2D eigenvalue weighted by atomic mass is 10.1. The average Bonchev–Trinajstić information content (AvgIpc) is 2.14. The van der Waals surface area contributed by atoms with Gasteiger partial charge in [-0.15, -0.1) is 0 Å². The molecular weight excluding hydrogens is 200 g/mol. The van der Waals surface area contributed by atoms with Crippen LogP contribution in [0, 0.1) is 11.6 Å². The molecule has 1 aromatic carbocycles. The van der Waals surface area contributed by atoms with Crippen molar-refractivity contribution in [2.45, 2.75) is 12.5 Å². The summed E-state index contributed by atoms with van der Waals surface area (Å²) in [4.78, 5) is 1.89. The number of halogens is 2. The largest absolute Gasteiger partial charge is 0.388 e. The van der Waals surface area contributed by atoms with Gasteiger partial charge in [-0.1, -0.05) is 6.07 Å². The van der Waals surface area contributed by atoms with E-state index in [1.807, 2.05) is 19.0 Å². The molecule has 0 amide bonds. The van der Waals surface area contributed by atoms with Crippen LogP contribution in [0.2, 0.25) is 0 Å². The molecule has 4 heteroatoms. The SMILES string of the molecule is CN(C)CCC(O)c1ccc(F)cc1F. The van der Waals surface area contributed by atoms with Gasteiger partial charge in [0.1, 0.15) is 11.6 Å². The van der Waals surface area contributed by atoms with E-state index in [2.05, 4.69) is 0 Å². The topological polar surface area (TPSA) is 23.5 Å². The van der Waals surface area contributed by atoms with Crippen LogP contribution in [0.3, 0.4) is 0 Å². The zero-order valence-electron chi connectivity index (χ0n) is 8.87. The van der Waals surface area contributed by atoms with Crippen LogP contribution < -0.4 is 0 Å². The van der Waals surface area contributed by atoms with E-state index in [1.165, 1.54) is 6.07 Å². The molecule has 1 unspecified atom stereocenters. The van der Waals surface area contributed by atoms with Gasteiger partial charge in [0.05, 0.1) is 6.10 Å². The third-order valence-electron chi connectivity index (χ3n) is 2.17. The molecule has 0 saturated heterocycles. The monoisotopic (exact) mass is 215 g/mol. The van der Waals surface area contributed by atoms with Crippen molar-refractivity contribution in [1.29, 1.82) is 0 Å². The summed E-state index contributed by atoms with van der Waals surface area (Å²) in [5, 5.41) is 9.65. The minimum Gasteiger partial charge on any atom is -0.388 e. The van der Waals surface area contributed by atoms with Crippen molar-refractivity contribution in [2.24, 2.45) is 0 Å². The first-order chi connectivity index (χ1) is 7.00. The molecule has 0 aliphatic heterocycles. The maximum Gasteiger partial charge on any atom is 0.131 e. The maximum atomic E-state index is 13.2. The molecule has 0 aliphatic rings. The van der Waals surface area contributed by atoms with E-state index in [-0.39, 0.29) is 5.56 Å². The number of rotatable bonds is 4. The van der Waals surface area contributed by atoms with Crippen molar-refractivity contribution < 1.29 is 13.9 Å². The first-order valence-electron chi connectivity index (χ1n) is 4.78. The summed E-state index contributed by atoms with van der Waals surface area (Å²) in [5.41, 5.74) is 0.151. The molecule has 15 heavy (non-hydrogen) atoms. The van der Waals surface area contributed by atoms with Crippen LogP contribution in [0.5, 0.6) is 0 Å². The lowest BCUT2D eigenvalue weighted by Gasteiger charge is -2.15. The third-order valence-corrected chi connectivity index (χ3v) is 2.17. The molecule has 0 bridgehead atoms. The Hall–Kier alpha value is -1.00. The lowest BCUT2D eigenvalue weighted by molar-refractivity contribution is 0.150. The van der Waals surface area contributed by atoms with E-state index >= 15 is 0 Å². The van der Waals surface area contributed by atoms with Gasteiger partial charge < -0.3 is 10.0 Å². The van der Waals surface area contributed by atoms with Crippen LogP contribution >= 0.6 is 0 Å². The van der Waals surface area contributed by atoms with Crippen molar-refractivity contribution in [1.82, 2.24) is 4.90 Å². The highest BCUT2D eigenvalue weighted by molar-refractivity contribution is 5.20. The Morgan fingerprint density at radius 3 is 2.53 bits per heavy atom. The van der Waals surface area contributed by atoms with Crippen molar-refractivity contribution in [3.8, 4) is 0 Å². The lowest BCUT2D eigenvalue weighted by Crippen LogP contribution is -2.16. The molecule has 0 aliphatic carbocycles.